The molecule has 1 aromatic heterocycles. The van der Waals surface area contributed by atoms with Crippen molar-refractivity contribution in [1.29, 1.82) is 0 Å². The first-order valence-electron chi connectivity index (χ1n) is 4.04. The van der Waals surface area contributed by atoms with E-state index in [4.69, 9.17) is 4.74 Å². The summed E-state index contributed by atoms with van der Waals surface area (Å²) in [7, 11) is 1.45. The highest BCUT2D eigenvalue weighted by Crippen LogP contribution is 2.31. The molecule has 0 aliphatic carbocycles. The van der Waals surface area contributed by atoms with Crippen LogP contribution < -0.4 is 0 Å². The number of ether oxygens (including phenoxy) is 1. The molecule has 1 rings (SSSR count). The standard InChI is InChI=1S/C9H10F3NO/c1-14-5-3-7-2-4-13-6-8(7)9(10,11)12/h2,4,6H,3,5H2,1H3. The Morgan fingerprint density at radius 2 is 2.14 bits per heavy atom. The highest BCUT2D eigenvalue weighted by atomic mass is 19.4. The van der Waals surface area contributed by atoms with Gasteiger partial charge in [-0.2, -0.15) is 13.2 Å². The van der Waals surface area contributed by atoms with E-state index in [1.807, 2.05) is 0 Å². The largest absolute Gasteiger partial charge is 0.418 e. The molecule has 0 unspecified atom stereocenters. The van der Waals surface area contributed by atoms with Crippen LogP contribution in [0.5, 0.6) is 0 Å². The van der Waals surface area contributed by atoms with E-state index in [0.717, 1.165) is 6.20 Å². The Balaban J connectivity index is 2.92. The predicted octanol–water partition coefficient (Wildman–Crippen LogP) is 2.29. The van der Waals surface area contributed by atoms with E-state index in [2.05, 4.69) is 4.98 Å². The Morgan fingerprint density at radius 3 is 2.71 bits per heavy atom. The van der Waals surface area contributed by atoms with E-state index in [0.29, 0.717) is 0 Å². The maximum Gasteiger partial charge on any atom is 0.418 e. The molecule has 1 heterocycles. The average Bonchev–Trinajstić information content (AvgIpc) is 2.14. The molecule has 1 aromatic rings. The van der Waals surface area contributed by atoms with Gasteiger partial charge in [-0.05, 0) is 18.1 Å². The van der Waals surface area contributed by atoms with Crippen molar-refractivity contribution >= 4 is 0 Å². The zero-order valence-corrected chi connectivity index (χ0v) is 7.64. The van der Waals surface area contributed by atoms with E-state index < -0.39 is 11.7 Å². The van der Waals surface area contributed by atoms with Crippen molar-refractivity contribution in [3.05, 3.63) is 29.6 Å². The molecule has 0 fully saturated rings. The van der Waals surface area contributed by atoms with Crippen LogP contribution in [0.1, 0.15) is 11.1 Å². The van der Waals surface area contributed by atoms with Gasteiger partial charge in [-0.15, -0.1) is 0 Å². The van der Waals surface area contributed by atoms with Crippen LogP contribution in [0.4, 0.5) is 13.2 Å². The fourth-order valence-electron chi connectivity index (χ4n) is 1.11. The first-order chi connectivity index (χ1) is 6.55. The van der Waals surface area contributed by atoms with Gasteiger partial charge in [0.05, 0.1) is 12.2 Å². The summed E-state index contributed by atoms with van der Waals surface area (Å²) in [4.78, 5) is 3.46. The Kier molecular flexibility index (Phi) is 3.46. The summed E-state index contributed by atoms with van der Waals surface area (Å²) in [5.74, 6) is 0. The molecule has 0 saturated carbocycles. The van der Waals surface area contributed by atoms with Crippen molar-refractivity contribution in [3.63, 3.8) is 0 Å². The second kappa shape index (κ2) is 4.41. The SMILES string of the molecule is COCCc1ccncc1C(F)(F)F. The number of aromatic nitrogens is 1. The van der Waals surface area contributed by atoms with Crippen molar-refractivity contribution in [2.75, 3.05) is 13.7 Å². The number of hydrogen-bond donors (Lipinski definition) is 0. The summed E-state index contributed by atoms with van der Waals surface area (Å²) in [5.41, 5.74) is -0.466. The molecule has 0 radical (unpaired) electrons. The number of pyridine rings is 1. The van der Waals surface area contributed by atoms with Crippen LogP contribution in [-0.2, 0) is 17.3 Å². The van der Waals surface area contributed by atoms with Gasteiger partial charge in [-0.3, -0.25) is 4.98 Å². The lowest BCUT2D eigenvalue weighted by molar-refractivity contribution is -0.138. The fraction of sp³-hybridized carbons (Fsp3) is 0.444. The van der Waals surface area contributed by atoms with E-state index >= 15 is 0 Å². The first-order valence-corrected chi connectivity index (χ1v) is 4.04. The van der Waals surface area contributed by atoms with E-state index in [9.17, 15) is 13.2 Å². The molecule has 5 heteroatoms. The van der Waals surface area contributed by atoms with Crippen LogP contribution in [0.2, 0.25) is 0 Å². The monoisotopic (exact) mass is 205 g/mol. The van der Waals surface area contributed by atoms with Gasteiger partial charge in [0.15, 0.2) is 0 Å². The van der Waals surface area contributed by atoms with Gasteiger partial charge < -0.3 is 4.74 Å². The fourth-order valence-corrected chi connectivity index (χ4v) is 1.11. The minimum Gasteiger partial charge on any atom is -0.384 e. The van der Waals surface area contributed by atoms with Crippen molar-refractivity contribution in [3.8, 4) is 0 Å². The smallest absolute Gasteiger partial charge is 0.384 e. The predicted molar refractivity (Wildman–Crippen MR) is 44.8 cm³/mol. The molecule has 0 aromatic carbocycles. The summed E-state index contributed by atoms with van der Waals surface area (Å²) < 4.78 is 41.9. The van der Waals surface area contributed by atoms with Gasteiger partial charge in [-0.25, -0.2) is 0 Å². The maximum atomic E-state index is 12.4. The molecule has 0 aliphatic heterocycles. The van der Waals surface area contributed by atoms with Crippen LogP contribution in [0, 0.1) is 0 Å². The average molecular weight is 205 g/mol. The van der Waals surface area contributed by atoms with Gasteiger partial charge >= 0.3 is 6.18 Å². The number of rotatable bonds is 3. The number of hydrogen-bond acceptors (Lipinski definition) is 2. The van der Waals surface area contributed by atoms with Crippen LogP contribution in [0.3, 0.4) is 0 Å². The molecule has 78 valence electrons. The number of nitrogens with zero attached hydrogens (tertiary/aromatic N) is 1. The first kappa shape index (κ1) is 11.0. The van der Waals surface area contributed by atoms with E-state index in [1.54, 1.807) is 0 Å². The molecule has 0 atom stereocenters. The van der Waals surface area contributed by atoms with Gasteiger partial charge in [0.2, 0.25) is 0 Å². The third-order valence-corrected chi connectivity index (χ3v) is 1.79. The van der Waals surface area contributed by atoms with Crippen molar-refractivity contribution in [2.24, 2.45) is 0 Å². The highest BCUT2D eigenvalue weighted by molar-refractivity contribution is 5.26. The molecule has 0 saturated heterocycles. The van der Waals surface area contributed by atoms with Crippen molar-refractivity contribution < 1.29 is 17.9 Å². The molecular weight excluding hydrogens is 195 g/mol. The van der Waals surface area contributed by atoms with E-state index in [1.165, 1.54) is 19.4 Å². The van der Waals surface area contributed by atoms with Crippen molar-refractivity contribution in [1.82, 2.24) is 4.98 Å². The lowest BCUT2D eigenvalue weighted by Gasteiger charge is -2.11. The maximum absolute atomic E-state index is 12.4. The van der Waals surface area contributed by atoms with Crippen LogP contribution in [0.15, 0.2) is 18.5 Å². The molecule has 0 spiro atoms. The summed E-state index contributed by atoms with van der Waals surface area (Å²) in [5, 5.41) is 0. The topological polar surface area (TPSA) is 22.1 Å². The quantitative estimate of drug-likeness (QED) is 0.755. The van der Waals surface area contributed by atoms with E-state index in [-0.39, 0.29) is 18.6 Å². The lowest BCUT2D eigenvalue weighted by Crippen LogP contribution is -2.11. The second-order valence-corrected chi connectivity index (χ2v) is 2.77. The Labute approximate surface area is 79.7 Å². The highest BCUT2D eigenvalue weighted by Gasteiger charge is 2.33. The molecule has 0 amide bonds. The Hall–Kier alpha value is -1.10. The minimum absolute atomic E-state index is 0.217. The second-order valence-electron chi connectivity index (χ2n) is 2.77. The number of alkyl halides is 3. The van der Waals surface area contributed by atoms with Crippen LogP contribution in [-0.4, -0.2) is 18.7 Å². The molecule has 2 nitrogen and oxygen atoms in total. The Bertz CT molecular complexity index is 298. The molecule has 14 heavy (non-hydrogen) atoms. The number of methoxy groups -OCH3 is 1. The van der Waals surface area contributed by atoms with Gasteiger partial charge in [0.1, 0.15) is 0 Å². The zero-order chi connectivity index (χ0) is 10.6. The van der Waals surface area contributed by atoms with Crippen LogP contribution >= 0.6 is 0 Å². The third kappa shape index (κ3) is 2.70. The van der Waals surface area contributed by atoms with Gasteiger partial charge in [0, 0.05) is 19.5 Å². The van der Waals surface area contributed by atoms with Crippen molar-refractivity contribution in [2.45, 2.75) is 12.6 Å². The normalized spacial score (nSPS) is 11.7. The lowest BCUT2D eigenvalue weighted by atomic mass is 10.1. The molecule has 0 aliphatic rings. The van der Waals surface area contributed by atoms with Gasteiger partial charge in [0.25, 0.3) is 0 Å². The molecule has 0 N–H and O–H groups in total. The minimum atomic E-state index is -4.34. The summed E-state index contributed by atoms with van der Waals surface area (Å²) in [6.45, 7) is 0.271. The zero-order valence-electron chi connectivity index (χ0n) is 7.64. The molecule has 0 bridgehead atoms. The summed E-state index contributed by atoms with van der Waals surface area (Å²) in [6, 6.07) is 1.36. The van der Waals surface area contributed by atoms with Crippen LogP contribution in [0.25, 0.3) is 0 Å². The Morgan fingerprint density at radius 1 is 1.43 bits per heavy atom. The number of halogens is 3. The summed E-state index contributed by atoms with van der Waals surface area (Å²) >= 11 is 0. The van der Waals surface area contributed by atoms with Gasteiger partial charge in [-0.1, -0.05) is 0 Å². The third-order valence-electron chi connectivity index (χ3n) is 1.79. The summed E-state index contributed by atoms with van der Waals surface area (Å²) in [6.07, 6.45) is -1.91. The molecular formula is C9H10F3NO.